The van der Waals surface area contributed by atoms with Gasteiger partial charge in [0.05, 0.1) is 39.5 Å². The van der Waals surface area contributed by atoms with Gasteiger partial charge in [0, 0.05) is 16.8 Å². The Morgan fingerprint density at radius 1 is 1.10 bits per heavy atom. The lowest BCUT2D eigenvalue weighted by Crippen LogP contribution is -2.28. The van der Waals surface area contributed by atoms with Crippen LogP contribution in [0.4, 0.5) is 0 Å². The van der Waals surface area contributed by atoms with Crippen molar-refractivity contribution in [2.45, 2.75) is 32.2 Å². The number of hydrogen-bond acceptors (Lipinski definition) is 5. The molecule has 0 fully saturated rings. The normalized spacial score (nSPS) is 14.8. The first-order valence-electron chi connectivity index (χ1n) is 10.3. The number of carbonyl (C=O) groups excluding carboxylic acids is 1. The first kappa shape index (κ1) is 20.8. The quantitative estimate of drug-likeness (QED) is 0.607. The second-order valence-corrected chi connectivity index (χ2v) is 7.65. The highest BCUT2D eigenvalue weighted by atomic mass is 16.5. The number of nitrogens with zero attached hydrogens (tertiary/aromatic N) is 1. The molecular formula is C24H27N3O4. The van der Waals surface area contributed by atoms with Crippen LogP contribution in [0.2, 0.25) is 0 Å². The van der Waals surface area contributed by atoms with Gasteiger partial charge in [-0.2, -0.15) is 5.10 Å². The third kappa shape index (κ3) is 4.08. The van der Waals surface area contributed by atoms with E-state index in [-0.39, 0.29) is 18.4 Å². The van der Waals surface area contributed by atoms with E-state index in [2.05, 4.69) is 15.5 Å². The summed E-state index contributed by atoms with van der Waals surface area (Å²) >= 11 is 0. The lowest BCUT2D eigenvalue weighted by Gasteiger charge is -2.16. The molecule has 1 aromatic heterocycles. The largest absolute Gasteiger partial charge is 0.497 e. The fourth-order valence-electron chi connectivity index (χ4n) is 4.15. The zero-order valence-corrected chi connectivity index (χ0v) is 18.2. The molecule has 7 heteroatoms. The van der Waals surface area contributed by atoms with Gasteiger partial charge >= 0.3 is 0 Å². The number of aromatic amines is 1. The highest BCUT2D eigenvalue weighted by molar-refractivity contribution is 5.82. The summed E-state index contributed by atoms with van der Waals surface area (Å²) in [7, 11) is 4.89. The topological polar surface area (TPSA) is 85.5 Å². The van der Waals surface area contributed by atoms with Gasteiger partial charge in [-0.1, -0.05) is 0 Å². The summed E-state index contributed by atoms with van der Waals surface area (Å²) in [6.07, 6.45) is 2.00. The SMILES string of the molecule is COc1ccc(-c2n[nH]c(C)c2CC(=O)N[C@@H]2CCc3cc(OC)c(OC)cc32)cc1. The molecule has 2 aromatic carbocycles. The van der Waals surface area contributed by atoms with Crippen molar-refractivity contribution in [2.75, 3.05) is 21.3 Å². The van der Waals surface area contributed by atoms with Gasteiger partial charge in [0.1, 0.15) is 5.75 Å². The van der Waals surface area contributed by atoms with Crippen molar-refractivity contribution < 1.29 is 19.0 Å². The van der Waals surface area contributed by atoms with Gasteiger partial charge in [-0.05, 0) is 67.3 Å². The smallest absolute Gasteiger partial charge is 0.225 e. The average molecular weight is 421 g/mol. The number of nitrogens with one attached hydrogen (secondary N) is 2. The van der Waals surface area contributed by atoms with E-state index in [1.165, 1.54) is 5.56 Å². The Labute approximate surface area is 181 Å². The van der Waals surface area contributed by atoms with Crippen molar-refractivity contribution in [1.29, 1.82) is 0 Å². The molecule has 0 unspecified atom stereocenters. The van der Waals surface area contributed by atoms with E-state index in [1.54, 1.807) is 21.3 Å². The maximum absolute atomic E-state index is 13.0. The van der Waals surface area contributed by atoms with Crippen molar-refractivity contribution in [2.24, 2.45) is 0 Å². The highest BCUT2D eigenvalue weighted by Gasteiger charge is 2.27. The molecule has 1 amide bonds. The summed E-state index contributed by atoms with van der Waals surface area (Å²) in [5, 5.41) is 10.6. The van der Waals surface area contributed by atoms with Crippen LogP contribution in [0.5, 0.6) is 17.2 Å². The third-order valence-electron chi connectivity index (χ3n) is 5.83. The lowest BCUT2D eigenvalue weighted by atomic mass is 10.0. The molecule has 162 valence electrons. The van der Waals surface area contributed by atoms with E-state index in [4.69, 9.17) is 14.2 Å². The fourth-order valence-corrected chi connectivity index (χ4v) is 4.15. The van der Waals surface area contributed by atoms with Gasteiger partial charge in [-0.3, -0.25) is 9.89 Å². The Balaban J connectivity index is 1.52. The highest BCUT2D eigenvalue weighted by Crippen LogP contribution is 2.39. The van der Waals surface area contributed by atoms with E-state index >= 15 is 0 Å². The number of rotatable bonds is 7. The number of ether oxygens (including phenoxy) is 3. The molecule has 0 radical (unpaired) electrons. The van der Waals surface area contributed by atoms with Gasteiger partial charge in [0.15, 0.2) is 11.5 Å². The predicted octanol–water partition coefficient (Wildman–Crippen LogP) is 3.76. The van der Waals surface area contributed by atoms with Crippen LogP contribution in [0.3, 0.4) is 0 Å². The van der Waals surface area contributed by atoms with Crippen molar-refractivity contribution >= 4 is 5.91 Å². The number of amides is 1. The number of aryl methyl sites for hydroxylation is 2. The molecule has 1 aliphatic rings. The molecule has 0 aliphatic heterocycles. The summed E-state index contributed by atoms with van der Waals surface area (Å²) in [5.41, 5.74) is 5.78. The van der Waals surface area contributed by atoms with E-state index in [0.29, 0.717) is 11.5 Å². The zero-order chi connectivity index (χ0) is 22.0. The molecular weight excluding hydrogens is 394 g/mol. The number of aromatic nitrogens is 2. The minimum absolute atomic E-state index is 0.0353. The number of H-pyrrole nitrogens is 1. The number of fused-ring (bicyclic) bond motifs is 1. The maximum atomic E-state index is 13.0. The van der Waals surface area contributed by atoms with Crippen LogP contribution in [-0.2, 0) is 17.6 Å². The number of methoxy groups -OCH3 is 3. The second kappa shape index (κ2) is 8.71. The third-order valence-corrected chi connectivity index (χ3v) is 5.83. The number of benzene rings is 2. The molecule has 4 rings (SSSR count). The standard InChI is InChI=1S/C24H27N3O4/c1-14-18(24(27-26-14)15-5-8-17(29-2)9-6-15)13-23(28)25-20-10-7-16-11-21(30-3)22(31-4)12-19(16)20/h5-6,8-9,11-12,20H,7,10,13H2,1-4H3,(H,25,28)(H,26,27)/t20-/m1/s1. The molecule has 31 heavy (non-hydrogen) atoms. The zero-order valence-electron chi connectivity index (χ0n) is 18.2. The minimum Gasteiger partial charge on any atom is -0.497 e. The molecule has 1 atom stereocenters. The predicted molar refractivity (Wildman–Crippen MR) is 118 cm³/mol. The van der Waals surface area contributed by atoms with Gasteiger partial charge < -0.3 is 19.5 Å². The molecule has 7 nitrogen and oxygen atoms in total. The number of hydrogen-bond donors (Lipinski definition) is 2. The van der Waals surface area contributed by atoms with Gasteiger partial charge in [-0.15, -0.1) is 0 Å². The van der Waals surface area contributed by atoms with Crippen LogP contribution in [-0.4, -0.2) is 37.4 Å². The summed E-state index contributed by atoms with van der Waals surface area (Å²) in [4.78, 5) is 13.0. The molecule has 2 N–H and O–H groups in total. The maximum Gasteiger partial charge on any atom is 0.225 e. The van der Waals surface area contributed by atoms with Crippen LogP contribution in [0.1, 0.15) is 34.8 Å². The Morgan fingerprint density at radius 2 is 1.81 bits per heavy atom. The van der Waals surface area contributed by atoms with Crippen molar-refractivity contribution in [3.8, 4) is 28.5 Å². The molecule has 0 saturated carbocycles. The Kier molecular flexibility index (Phi) is 5.84. The molecule has 1 aliphatic carbocycles. The van der Waals surface area contributed by atoms with Crippen molar-refractivity contribution in [3.05, 3.63) is 58.8 Å². The van der Waals surface area contributed by atoms with E-state index in [9.17, 15) is 4.79 Å². The summed E-state index contributed by atoms with van der Waals surface area (Å²) in [6, 6.07) is 11.6. The molecule has 1 heterocycles. The Bertz CT molecular complexity index is 1090. The van der Waals surface area contributed by atoms with Crippen LogP contribution in [0.15, 0.2) is 36.4 Å². The van der Waals surface area contributed by atoms with Crippen LogP contribution in [0.25, 0.3) is 11.3 Å². The van der Waals surface area contributed by atoms with E-state index in [1.807, 2.05) is 43.3 Å². The van der Waals surface area contributed by atoms with Crippen LogP contribution in [0, 0.1) is 6.92 Å². The van der Waals surface area contributed by atoms with Crippen LogP contribution < -0.4 is 19.5 Å². The molecule has 3 aromatic rings. The van der Waals surface area contributed by atoms with Crippen molar-refractivity contribution in [3.63, 3.8) is 0 Å². The number of carbonyl (C=O) groups is 1. The van der Waals surface area contributed by atoms with Crippen LogP contribution >= 0.6 is 0 Å². The molecule has 0 saturated heterocycles. The average Bonchev–Trinajstić information content (AvgIpc) is 3.35. The van der Waals surface area contributed by atoms with Crippen molar-refractivity contribution in [1.82, 2.24) is 15.5 Å². The Morgan fingerprint density at radius 3 is 2.48 bits per heavy atom. The summed E-state index contributed by atoms with van der Waals surface area (Å²) in [6.45, 7) is 1.94. The fraction of sp³-hybridized carbons (Fsp3) is 0.333. The first-order valence-corrected chi connectivity index (χ1v) is 10.3. The molecule has 0 bridgehead atoms. The van der Waals surface area contributed by atoms with E-state index < -0.39 is 0 Å². The van der Waals surface area contributed by atoms with Gasteiger partial charge in [0.2, 0.25) is 5.91 Å². The molecule has 0 spiro atoms. The van der Waals surface area contributed by atoms with E-state index in [0.717, 1.165) is 46.7 Å². The Hall–Kier alpha value is -3.48. The monoisotopic (exact) mass is 421 g/mol. The second-order valence-electron chi connectivity index (χ2n) is 7.65. The van der Waals surface area contributed by atoms with Gasteiger partial charge in [-0.25, -0.2) is 0 Å². The lowest BCUT2D eigenvalue weighted by molar-refractivity contribution is -0.121. The summed E-state index contributed by atoms with van der Waals surface area (Å²) < 4.78 is 16.1. The minimum atomic E-state index is -0.0426. The summed E-state index contributed by atoms with van der Waals surface area (Å²) in [5.74, 6) is 2.13. The first-order chi connectivity index (χ1) is 15.0. The van der Waals surface area contributed by atoms with Gasteiger partial charge in [0.25, 0.3) is 0 Å².